The van der Waals surface area contributed by atoms with Crippen LogP contribution in [0.15, 0.2) is 24.3 Å². The molecule has 0 saturated carbocycles. The number of likely N-dealkylation sites (N-methyl/N-ethyl adjacent to an activating group) is 1. The van der Waals surface area contributed by atoms with Gasteiger partial charge in [-0.15, -0.1) is 0 Å². The van der Waals surface area contributed by atoms with Crippen molar-refractivity contribution < 1.29 is 4.79 Å². The molecule has 0 saturated heterocycles. The summed E-state index contributed by atoms with van der Waals surface area (Å²) in [6, 6.07) is 7.62. The topological polar surface area (TPSA) is 58.4 Å². The average Bonchev–Trinajstić information content (AvgIpc) is 2.26. The minimum absolute atomic E-state index is 0.00681. The number of rotatable bonds is 5. The first-order valence-corrected chi connectivity index (χ1v) is 6.58. The molecule has 0 aliphatic carbocycles. The molecule has 4 nitrogen and oxygen atoms in total. The van der Waals surface area contributed by atoms with Crippen molar-refractivity contribution >= 4 is 11.6 Å². The molecule has 0 fully saturated rings. The van der Waals surface area contributed by atoms with Crippen LogP contribution >= 0.6 is 0 Å². The highest BCUT2D eigenvalue weighted by Crippen LogP contribution is 2.15. The summed E-state index contributed by atoms with van der Waals surface area (Å²) in [6.07, 6.45) is 0. The number of para-hydroxylation sites is 1. The molecule has 0 heterocycles. The summed E-state index contributed by atoms with van der Waals surface area (Å²) >= 11 is 0. The number of hydrogen-bond donors (Lipinski definition) is 2. The molecule has 0 bridgehead atoms. The molecule has 3 N–H and O–H groups in total. The van der Waals surface area contributed by atoms with E-state index in [1.165, 1.54) is 0 Å². The van der Waals surface area contributed by atoms with Crippen molar-refractivity contribution in [1.29, 1.82) is 0 Å². The number of amides is 1. The third kappa shape index (κ3) is 5.85. The molecule has 1 rings (SSSR count). The van der Waals surface area contributed by atoms with Gasteiger partial charge in [0.15, 0.2) is 0 Å². The molecule has 19 heavy (non-hydrogen) atoms. The van der Waals surface area contributed by atoms with E-state index >= 15 is 0 Å². The van der Waals surface area contributed by atoms with E-state index in [9.17, 15) is 4.79 Å². The van der Waals surface area contributed by atoms with E-state index in [2.05, 4.69) is 26.1 Å². The Morgan fingerprint density at radius 2 is 1.95 bits per heavy atom. The summed E-state index contributed by atoms with van der Waals surface area (Å²) in [5.41, 5.74) is 7.59. The molecule has 0 spiro atoms. The van der Waals surface area contributed by atoms with Gasteiger partial charge in [0.05, 0.1) is 6.54 Å². The quantitative estimate of drug-likeness (QED) is 0.855. The van der Waals surface area contributed by atoms with E-state index in [-0.39, 0.29) is 11.3 Å². The minimum Gasteiger partial charge on any atom is -0.326 e. The highest BCUT2D eigenvalue weighted by molar-refractivity contribution is 5.92. The number of carbonyl (C=O) groups is 1. The van der Waals surface area contributed by atoms with Crippen LogP contribution in [-0.4, -0.2) is 30.9 Å². The van der Waals surface area contributed by atoms with Crippen LogP contribution in [0, 0.1) is 5.41 Å². The first-order chi connectivity index (χ1) is 8.81. The number of benzene rings is 1. The molecule has 0 unspecified atom stereocenters. The lowest BCUT2D eigenvalue weighted by atomic mass is 9.96. The maximum absolute atomic E-state index is 12.0. The molecule has 0 aromatic heterocycles. The van der Waals surface area contributed by atoms with Gasteiger partial charge in [-0.1, -0.05) is 39.0 Å². The number of carbonyl (C=O) groups excluding carboxylic acids is 1. The second-order valence-corrected chi connectivity index (χ2v) is 6.14. The molecular weight excluding hydrogens is 238 g/mol. The summed E-state index contributed by atoms with van der Waals surface area (Å²) < 4.78 is 0. The molecule has 0 atom stereocenters. The van der Waals surface area contributed by atoms with Crippen molar-refractivity contribution in [2.24, 2.45) is 11.1 Å². The van der Waals surface area contributed by atoms with Gasteiger partial charge in [-0.2, -0.15) is 0 Å². The Bertz CT molecular complexity index is 424. The van der Waals surface area contributed by atoms with Gasteiger partial charge in [0, 0.05) is 18.8 Å². The third-order valence-electron chi connectivity index (χ3n) is 2.67. The second-order valence-electron chi connectivity index (χ2n) is 6.14. The zero-order valence-corrected chi connectivity index (χ0v) is 12.4. The first-order valence-electron chi connectivity index (χ1n) is 6.58. The highest BCUT2D eigenvalue weighted by Gasteiger charge is 2.16. The van der Waals surface area contributed by atoms with Crippen LogP contribution in [0.1, 0.15) is 26.3 Å². The van der Waals surface area contributed by atoms with Gasteiger partial charge in [0.25, 0.3) is 0 Å². The molecule has 1 aromatic rings. The van der Waals surface area contributed by atoms with Crippen molar-refractivity contribution in [3.63, 3.8) is 0 Å². The van der Waals surface area contributed by atoms with Gasteiger partial charge in [-0.3, -0.25) is 9.69 Å². The number of hydrogen-bond acceptors (Lipinski definition) is 3. The molecule has 0 aliphatic heterocycles. The molecule has 4 heteroatoms. The zero-order valence-electron chi connectivity index (χ0n) is 12.4. The monoisotopic (exact) mass is 263 g/mol. The van der Waals surface area contributed by atoms with Gasteiger partial charge >= 0.3 is 0 Å². The predicted octanol–water partition coefficient (Wildman–Crippen LogP) is 2.06. The second kappa shape index (κ2) is 6.68. The summed E-state index contributed by atoms with van der Waals surface area (Å²) in [4.78, 5) is 14.0. The maximum atomic E-state index is 12.0. The average molecular weight is 263 g/mol. The molecule has 1 amide bonds. The van der Waals surface area contributed by atoms with Crippen LogP contribution in [0.25, 0.3) is 0 Å². The lowest BCUT2D eigenvalue weighted by Gasteiger charge is -2.26. The Labute approximate surface area is 116 Å². The summed E-state index contributed by atoms with van der Waals surface area (Å²) in [7, 11) is 1.96. The standard InChI is InChI=1S/C15H25N3O/c1-15(2,3)11-18(4)10-14(19)17-13-8-6-5-7-12(13)9-16/h5-8H,9-11,16H2,1-4H3,(H,17,19). The Morgan fingerprint density at radius 1 is 1.32 bits per heavy atom. The van der Waals surface area contributed by atoms with Gasteiger partial charge in [-0.05, 0) is 24.1 Å². The number of nitrogens with two attached hydrogens (primary N) is 1. The van der Waals surface area contributed by atoms with E-state index in [1.807, 2.05) is 36.2 Å². The van der Waals surface area contributed by atoms with E-state index in [0.717, 1.165) is 17.8 Å². The normalized spacial score (nSPS) is 11.7. The summed E-state index contributed by atoms with van der Waals surface area (Å²) in [5, 5.41) is 2.92. The molecule has 106 valence electrons. The van der Waals surface area contributed by atoms with Gasteiger partial charge in [0.1, 0.15) is 0 Å². The predicted molar refractivity (Wildman–Crippen MR) is 79.9 cm³/mol. The van der Waals surface area contributed by atoms with E-state index in [4.69, 9.17) is 5.73 Å². The summed E-state index contributed by atoms with van der Waals surface area (Å²) in [5.74, 6) is -0.00681. The zero-order chi connectivity index (χ0) is 14.5. The molecule has 0 radical (unpaired) electrons. The fourth-order valence-corrected chi connectivity index (χ4v) is 2.12. The van der Waals surface area contributed by atoms with Crippen molar-refractivity contribution in [2.45, 2.75) is 27.3 Å². The SMILES string of the molecule is CN(CC(=O)Nc1ccccc1CN)CC(C)(C)C. The molecule has 1 aromatic carbocycles. The number of anilines is 1. The summed E-state index contributed by atoms with van der Waals surface area (Å²) in [6.45, 7) is 8.16. The van der Waals surface area contributed by atoms with Crippen LogP contribution in [0.4, 0.5) is 5.69 Å². The van der Waals surface area contributed by atoms with Crippen molar-refractivity contribution in [1.82, 2.24) is 4.90 Å². The molecular formula is C15H25N3O. The van der Waals surface area contributed by atoms with Crippen LogP contribution < -0.4 is 11.1 Å². The highest BCUT2D eigenvalue weighted by atomic mass is 16.2. The Balaban J connectivity index is 2.56. The Hall–Kier alpha value is -1.39. The lowest BCUT2D eigenvalue weighted by Crippen LogP contribution is -2.35. The fraction of sp³-hybridized carbons (Fsp3) is 0.533. The van der Waals surface area contributed by atoms with E-state index < -0.39 is 0 Å². The third-order valence-corrected chi connectivity index (χ3v) is 2.67. The van der Waals surface area contributed by atoms with Crippen molar-refractivity contribution in [2.75, 3.05) is 25.5 Å². The Morgan fingerprint density at radius 3 is 2.53 bits per heavy atom. The van der Waals surface area contributed by atoms with E-state index in [1.54, 1.807) is 0 Å². The fourth-order valence-electron chi connectivity index (χ4n) is 2.12. The van der Waals surface area contributed by atoms with Crippen LogP contribution in [0.2, 0.25) is 0 Å². The van der Waals surface area contributed by atoms with Gasteiger partial charge < -0.3 is 11.1 Å². The van der Waals surface area contributed by atoms with Gasteiger partial charge in [0.2, 0.25) is 5.91 Å². The van der Waals surface area contributed by atoms with Crippen molar-refractivity contribution in [3.8, 4) is 0 Å². The van der Waals surface area contributed by atoms with E-state index in [0.29, 0.717) is 13.1 Å². The number of nitrogens with zero attached hydrogens (tertiary/aromatic N) is 1. The van der Waals surface area contributed by atoms with Gasteiger partial charge in [-0.25, -0.2) is 0 Å². The van der Waals surface area contributed by atoms with Crippen molar-refractivity contribution in [3.05, 3.63) is 29.8 Å². The van der Waals surface area contributed by atoms with Crippen LogP contribution in [0.5, 0.6) is 0 Å². The first kappa shape index (κ1) is 15.7. The Kier molecular flexibility index (Phi) is 5.51. The maximum Gasteiger partial charge on any atom is 0.238 e. The van der Waals surface area contributed by atoms with Crippen LogP contribution in [-0.2, 0) is 11.3 Å². The minimum atomic E-state index is -0.00681. The smallest absolute Gasteiger partial charge is 0.238 e. The number of nitrogens with one attached hydrogen (secondary N) is 1. The largest absolute Gasteiger partial charge is 0.326 e. The lowest BCUT2D eigenvalue weighted by molar-refractivity contribution is -0.117. The van der Waals surface area contributed by atoms with Crippen LogP contribution in [0.3, 0.4) is 0 Å². The molecule has 0 aliphatic rings.